The second-order valence-electron chi connectivity index (χ2n) is 5.99. The van der Waals surface area contributed by atoms with Gasteiger partial charge in [0.05, 0.1) is 25.6 Å². The molecule has 134 valence electrons. The summed E-state index contributed by atoms with van der Waals surface area (Å²) < 4.78 is 12.1. The quantitative estimate of drug-likeness (QED) is 0.754. The standard InChI is InChI=1S/C20H20N2O4/c1-12-5-6-13(2)17(9-12)22-18(20(23)24)11-16(21-22)15-8-7-14(25-3)10-19(15)26-4/h5-11H,1-4H3,(H,23,24). The molecule has 0 amide bonds. The summed E-state index contributed by atoms with van der Waals surface area (Å²) in [5, 5.41) is 14.2. The second-order valence-corrected chi connectivity index (χ2v) is 5.99. The van der Waals surface area contributed by atoms with Gasteiger partial charge in [-0.2, -0.15) is 5.10 Å². The first kappa shape index (κ1) is 17.5. The van der Waals surface area contributed by atoms with Crippen molar-refractivity contribution < 1.29 is 19.4 Å². The van der Waals surface area contributed by atoms with E-state index in [4.69, 9.17) is 9.47 Å². The highest BCUT2D eigenvalue weighted by Crippen LogP contribution is 2.33. The number of carbonyl (C=O) groups is 1. The predicted octanol–water partition coefficient (Wildman–Crippen LogP) is 3.87. The van der Waals surface area contributed by atoms with Crippen molar-refractivity contribution in [1.29, 1.82) is 0 Å². The number of carboxylic acid groups (broad SMARTS) is 1. The maximum absolute atomic E-state index is 11.8. The fourth-order valence-corrected chi connectivity index (χ4v) is 2.81. The van der Waals surface area contributed by atoms with Crippen molar-refractivity contribution >= 4 is 5.97 Å². The lowest BCUT2D eigenvalue weighted by Crippen LogP contribution is -2.09. The Labute approximate surface area is 151 Å². The average molecular weight is 352 g/mol. The van der Waals surface area contributed by atoms with Crippen LogP contribution in [0.15, 0.2) is 42.5 Å². The van der Waals surface area contributed by atoms with Crippen LogP contribution in [0.4, 0.5) is 0 Å². The van der Waals surface area contributed by atoms with E-state index in [0.29, 0.717) is 22.8 Å². The fraction of sp³-hybridized carbons (Fsp3) is 0.200. The van der Waals surface area contributed by atoms with E-state index in [1.165, 1.54) is 4.68 Å². The lowest BCUT2D eigenvalue weighted by Gasteiger charge is -2.10. The summed E-state index contributed by atoms with van der Waals surface area (Å²) in [6.45, 7) is 3.88. The molecule has 1 heterocycles. The fourth-order valence-electron chi connectivity index (χ4n) is 2.81. The molecule has 0 aliphatic rings. The molecule has 1 N–H and O–H groups in total. The molecule has 26 heavy (non-hydrogen) atoms. The molecule has 0 fully saturated rings. The maximum atomic E-state index is 11.8. The van der Waals surface area contributed by atoms with Crippen LogP contribution in [0.3, 0.4) is 0 Å². The molecule has 0 aliphatic heterocycles. The van der Waals surface area contributed by atoms with Gasteiger partial charge in [0, 0.05) is 11.6 Å². The molecule has 0 saturated heterocycles. The zero-order valence-corrected chi connectivity index (χ0v) is 15.1. The van der Waals surface area contributed by atoms with Crippen LogP contribution < -0.4 is 9.47 Å². The van der Waals surface area contributed by atoms with Crippen LogP contribution >= 0.6 is 0 Å². The van der Waals surface area contributed by atoms with E-state index in [1.807, 2.05) is 32.0 Å². The Bertz CT molecular complexity index is 976. The van der Waals surface area contributed by atoms with Crippen LogP contribution in [-0.2, 0) is 0 Å². The number of benzene rings is 2. The van der Waals surface area contributed by atoms with Crippen molar-refractivity contribution in [3.05, 3.63) is 59.3 Å². The van der Waals surface area contributed by atoms with Crippen molar-refractivity contribution in [3.8, 4) is 28.4 Å². The number of ether oxygens (including phenoxy) is 2. The SMILES string of the molecule is COc1ccc(-c2cc(C(=O)O)n(-c3cc(C)ccc3C)n2)c(OC)c1. The topological polar surface area (TPSA) is 73.6 Å². The number of carboxylic acids is 1. The number of aromatic carboxylic acids is 1. The van der Waals surface area contributed by atoms with E-state index in [0.717, 1.165) is 16.8 Å². The normalized spacial score (nSPS) is 10.6. The van der Waals surface area contributed by atoms with Gasteiger partial charge in [-0.05, 0) is 49.2 Å². The summed E-state index contributed by atoms with van der Waals surface area (Å²) in [7, 11) is 3.13. The lowest BCUT2D eigenvalue weighted by molar-refractivity contribution is 0.0687. The Morgan fingerprint density at radius 2 is 1.81 bits per heavy atom. The molecule has 3 rings (SSSR count). The molecule has 0 saturated carbocycles. The third-order valence-electron chi connectivity index (χ3n) is 4.21. The van der Waals surface area contributed by atoms with E-state index in [1.54, 1.807) is 38.5 Å². The minimum Gasteiger partial charge on any atom is -0.497 e. The molecular formula is C20H20N2O4. The van der Waals surface area contributed by atoms with Crippen LogP contribution in [0.25, 0.3) is 16.9 Å². The molecule has 0 aliphatic carbocycles. The number of rotatable bonds is 5. The number of hydrogen-bond donors (Lipinski definition) is 1. The van der Waals surface area contributed by atoms with Crippen molar-refractivity contribution in [1.82, 2.24) is 9.78 Å². The highest BCUT2D eigenvalue weighted by Gasteiger charge is 2.20. The Morgan fingerprint density at radius 3 is 2.46 bits per heavy atom. The van der Waals surface area contributed by atoms with Crippen LogP contribution in [0.5, 0.6) is 11.5 Å². The van der Waals surface area contributed by atoms with Crippen molar-refractivity contribution in [3.63, 3.8) is 0 Å². The Balaban J connectivity index is 2.20. The van der Waals surface area contributed by atoms with Gasteiger partial charge in [-0.25, -0.2) is 9.48 Å². The van der Waals surface area contributed by atoms with Crippen LogP contribution in [0, 0.1) is 13.8 Å². The van der Waals surface area contributed by atoms with Gasteiger partial charge in [-0.1, -0.05) is 12.1 Å². The Kier molecular flexibility index (Phi) is 4.67. The number of nitrogens with zero attached hydrogens (tertiary/aromatic N) is 2. The number of aromatic nitrogens is 2. The molecule has 6 nitrogen and oxygen atoms in total. The summed E-state index contributed by atoms with van der Waals surface area (Å²) in [5.74, 6) is 0.169. The molecular weight excluding hydrogens is 332 g/mol. The van der Waals surface area contributed by atoms with Gasteiger partial charge >= 0.3 is 5.97 Å². The van der Waals surface area contributed by atoms with Gasteiger partial charge in [0.25, 0.3) is 0 Å². The number of aryl methyl sites for hydroxylation is 2. The zero-order chi connectivity index (χ0) is 18.8. The van der Waals surface area contributed by atoms with E-state index >= 15 is 0 Å². The predicted molar refractivity (Wildman–Crippen MR) is 98.5 cm³/mol. The molecule has 0 bridgehead atoms. The summed E-state index contributed by atoms with van der Waals surface area (Å²) in [4.78, 5) is 11.8. The van der Waals surface area contributed by atoms with E-state index in [9.17, 15) is 9.90 Å². The smallest absolute Gasteiger partial charge is 0.354 e. The summed E-state index contributed by atoms with van der Waals surface area (Å²) >= 11 is 0. The van der Waals surface area contributed by atoms with Crippen LogP contribution in [0.1, 0.15) is 21.6 Å². The molecule has 2 aromatic carbocycles. The van der Waals surface area contributed by atoms with E-state index in [-0.39, 0.29) is 5.69 Å². The summed E-state index contributed by atoms with van der Waals surface area (Å²) in [6, 6.07) is 12.7. The van der Waals surface area contributed by atoms with Gasteiger partial charge in [-0.15, -0.1) is 0 Å². The van der Waals surface area contributed by atoms with Crippen molar-refractivity contribution in [2.24, 2.45) is 0 Å². The zero-order valence-electron chi connectivity index (χ0n) is 15.1. The largest absolute Gasteiger partial charge is 0.497 e. The van der Waals surface area contributed by atoms with Crippen molar-refractivity contribution in [2.45, 2.75) is 13.8 Å². The summed E-state index contributed by atoms with van der Waals surface area (Å²) in [6.07, 6.45) is 0. The third-order valence-corrected chi connectivity index (χ3v) is 4.21. The molecule has 6 heteroatoms. The van der Waals surface area contributed by atoms with Gasteiger partial charge < -0.3 is 14.6 Å². The van der Waals surface area contributed by atoms with Gasteiger partial charge in [-0.3, -0.25) is 0 Å². The lowest BCUT2D eigenvalue weighted by atomic mass is 10.1. The minimum absolute atomic E-state index is 0.0894. The average Bonchev–Trinajstić information content (AvgIpc) is 3.08. The molecule has 0 atom stereocenters. The number of hydrogen-bond acceptors (Lipinski definition) is 4. The first-order valence-electron chi connectivity index (χ1n) is 8.08. The van der Waals surface area contributed by atoms with Crippen LogP contribution in [-0.4, -0.2) is 35.1 Å². The van der Waals surface area contributed by atoms with Crippen molar-refractivity contribution in [2.75, 3.05) is 14.2 Å². The van der Waals surface area contributed by atoms with E-state index in [2.05, 4.69) is 5.10 Å². The summed E-state index contributed by atoms with van der Waals surface area (Å²) in [5.41, 5.74) is 4.01. The Hall–Kier alpha value is -3.28. The molecule has 0 radical (unpaired) electrons. The molecule has 0 unspecified atom stereocenters. The first-order chi connectivity index (χ1) is 12.4. The molecule has 3 aromatic rings. The van der Waals surface area contributed by atoms with Crippen LogP contribution in [0.2, 0.25) is 0 Å². The maximum Gasteiger partial charge on any atom is 0.354 e. The highest BCUT2D eigenvalue weighted by atomic mass is 16.5. The molecule has 1 aromatic heterocycles. The molecule has 0 spiro atoms. The number of methoxy groups -OCH3 is 2. The second kappa shape index (κ2) is 6.92. The van der Waals surface area contributed by atoms with Gasteiger partial charge in [0.1, 0.15) is 11.5 Å². The van der Waals surface area contributed by atoms with E-state index < -0.39 is 5.97 Å². The minimum atomic E-state index is -1.04. The third kappa shape index (κ3) is 3.13. The first-order valence-corrected chi connectivity index (χ1v) is 8.08. The monoisotopic (exact) mass is 352 g/mol. The van der Waals surface area contributed by atoms with Gasteiger partial charge in [0.15, 0.2) is 5.69 Å². The van der Waals surface area contributed by atoms with Gasteiger partial charge in [0.2, 0.25) is 0 Å². The highest BCUT2D eigenvalue weighted by molar-refractivity contribution is 5.88. The Morgan fingerprint density at radius 1 is 1.04 bits per heavy atom.